The highest BCUT2D eigenvalue weighted by Gasteiger charge is 2.18. The van der Waals surface area contributed by atoms with Crippen LogP contribution in [0.15, 0.2) is 39.5 Å². The number of nitrogens with one attached hydrogen (secondary N) is 1. The average molecular weight is 455 g/mol. The molecule has 32 heavy (non-hydrogen) atoms. The number of hydrogen-bond acceptors (Lipinski definition) is 8. The summed E-state index contributed by atoms with van der Waals surface area (Å²) in [6, 6.07) is 4.75. The standard InChI is InChI=1S/C19H17N7O5S/c1-10-4-5-11(6-13(10)26(30)31)12-8-32-18(21-12)22-14(27)7-25-17(28)15-16(20-9-23(15)2)24(3)19(25)29/h4-6,8-9H,7H2,1-3H3,(H,21,22,27). The Morgan fingerprint density at radius 3 is 2.75 bits per heavy atom. The second-order valence-electron chi connectivity index (χ2n) is 7.11. The number of carbonyl (C=O) groups excluding carboxylic acids is 1. The van der Waals surface area contributed by atoms with E-state index in [2.05, 4.69) is 15.3 Å². The molecule has 0 saturated heterocycles. The lowest BCUT2D eigenvalue weighted by atomic mass is 10.1. The number of imidazole rings is 1. The summed E-state index contributed by atoms with van der Waals surface area (Å²) in [5.41, 5.74) is 0.645. The van der Waals surface area contributed by atoms with Gasteiger partial charge in [-0.1, -0.05) is 12.1 Å². The van der Waals surface area contributed by atoms with Crippen LogP contribution < -0.4 is 16.6 Å². The number of rotatable bonds is 5. The average Bonchev–Trinajstić information content (AvgIpc) is 3.36. The van der Waals surface area contributed by atoms with Crippen LogP contribution >= 0.6 is 11.3 Å². The molecule has 12 nitrogen and oxygen atoms in total. The van der Waals surface area contributed by atoms with Gasteiger partial charge < -0.3 is 9.88 Å². The van der Waals surface area contributed by atoms with Gasteiger partial charge in [-0.05, 0) is 6.92 Å². The molecule has 0 aliphatic rings. The largest absolute Gasteiger partial charge is 0.332 e. The van der Waals surface area contributed by atoms with E-state index in [0.29, 0.717) is 16.8 Å². The lowest BCUT2D eigenvalue weighted by Crippen LogP contribution is -2.42. The van der Waals surface area contributed by atoms with E-state index in [1.807, 2.05) is 0 Å². The van der Waals surface area contributed by atoms with Crippen LogP contribution in [0.3, 0.4) is 0 Å². The number of amides is 1. The summed E-state index contributed by atoms with van der Waals surface area (Å²) in [5, 5.41) is 15.6. The maximum Gasteiger partial charge on any atom is 0.332 e. The first kappa shape index (κ1) is 21.1. The molecule has 0 saturated carbocycles. The lowest BCUT2D eigenvalue weighted by Gasteiger charge is -2.08. The van der Waals surface area contributed by atoms with Crippen molar-refractivity contribution in [3.63, 3.8) is 0 Å². The van der Waals surface area contributed by atoms with Gasteiger partial charge >= 0.3 is 5.69 Å². The minimum atomic E-state index is -0.664. The van der Waals surface area contributed by atoms with E-state index in [0.717, 1.165) is 15.9 Å². The minimum Gasteiger partial charge on any atom is -0.328 e. The lowest BCUT2D eigenvalue weighted by molar-refractivity contribution is -0.385. The summed E-state index contributed by atoms with van der Waals surface area (Å²) < 4.78 is 3.52. The molecular weight excluding hydrogens is 438 g/mol. The molecule has 4 rings (SSSR count). The summed E-state index contributed by atoms with van der Waals surface area (Å²) in [6.07, 6.45) is 1.42. The monoisotopic (exact) mass is 455 g/mol. The number of nitro groups is 1. The molecule has 3 aromatic heterocycles. The van der Waals surface area contributed by atoms with Crippen molar-refractivity contribution in [1.29, 1.82) is 0 Å². The van der Waals surface area contributed by atoms with Crippen molar-refractivity contribution in [2.75, 3.05) is 5.32 Å². The van der Waals surface area contributed by atoms with Crippen molar-refractivity contribution in [2.24, 2.45) is 14.1 Å². The van der Waals surface area contributed by atoms with Crippen LogP contribution in [0, 0.1) is 17.0 Å². The fraction of sp³-hybridized carbons (Fsp3) is 0.211. The molecule has 1 amide bonds. The van der Waals surface area contributed by atoms with Crippen molar-refractivity contribution < 1.29 is 9.72 Å². The molecule has 0 aliphatic heterocycles. The predicted octanol–water partition coefficient (Wildman–Crippen LogP) is 1.41. The third kappa shape index (κ3) is 3.58. The van der Waals surface area contributed by atoms with Crippen LogP contribution in [0.5, 0.6) is 0 Å². The second kappa shape index (κ2) is 7.85. The van der Waals surface area contributed by atoms with E-state index in [1.54, 1.807) is 31.5 Å². The zero-order valence-electron chi connectivity index (χ0n) is 17.2. The first-order valence-electron chi connectivity index (χ1n) is 9.29. The van der Waals surface area contributed by atoms with Crippen molar-refractivity contribution >= 4 is 39.2 Å². The Hall–Kier alpha value is -4.13. The molecule has 4 aromatic rings. The molecule has 0 aliphatic carbocycles. The van der Waals surface area contributed by atoms with Crippen LogP contribution in [0.4, 0.5) is 10.8 Å². The molecule has 0 unspecified atom stereocenters. The first-order chi connectivity index (χ1) is 15.2. The Morgan fingerprint density at radius 2 is 2.03 bits per heavy atom. The van der Waals surface area contributed by atoms with E-state index >= 15 is 0 Å². The highest BCUT2D eigenvalue weighted by molar-refractivity contribution is 7.14. The van der Waals surface area contributed by atoms with Crippen LogP contribution in [-0.4, -0.2) is 34.5 Å². The Labute approximate surface area is 183 Å². The third-order valence-electron chi connectivity index (χ3n) is 4.95. The van der Waals surface area contributed by atoms with Gasteiger partial charge in [0.25, 0.3) is 11.2 Å². The summed E-state index contributed by atoms with van der Waals surface area (Å²) in [5.74, 6) is -0.610. The van der Waals surface area contributed by atoms with E-state index in [4.69, 9.17) is 0 Å². The van der Waals surface area contributed by atoms with E-state index in [-0.39, 0.29) is 22.0 Å². The van der Waals surface area contributed by atoms with Crippen LogP contribution in [0.1, 0.15) is 5.56 Å². The predicted molar refractivity (Wildman–Crippen MR) is 118 cm³/mol. The molecule has 1 N–H and O–H groups in total. The van der Waals surface area contributed by atoms with Gasteiger partial charge in [-0.25, -0.2) is 19.3 Å². The summed E-state index contributed by atoms with van der Waals surface area (Å²) in [7, 11) is 3.09. The molecule has 0 bridgehead atoms. The summed E-state index contributed by atoms with van der Waals surface area (Å²) >= 11 is 1.12. The normalized spacial score (nSPS) is 11.1. The van der Waals surface area contributed by atoms with Crippen molar-refractivity contribution in [3.8, 4) is 11.3 Å². The van der Waals surface area contributed by atoms with E-state index < -0.39 is 28.6 Å². The smallest absolute Gasteiger partial charge is 0.328 e. The second-order valence-corrected chi connectivity index (χ2v) is 7.96. The van der Waals surface area contributed by atoms with Crippen molar-refractivity contribution in [2.45, 2.75) is 13.5 Å². The minimum absolute atomic E-state index is 0.0261. The molecule has 164 valence electrons. The highest BCUT2D eigenvalue weighted by Crippen LogP contribution is 2.29. The molecule has 0 atom stereocenters. The zero-order valence-corrected chi connectivity index (χ0v) is 18.0. The van der Waals surface area contributed by atoms with Gasteiger partial charge in [0.15, 0.2) is 16.3 Å². The third-order valence-corrected chi connectivity index (χ3v) is 5.71. The van der Waals surface area contributed by atoms with Gasteiger partial charge in [0.2, 0.25) is 5.91 Å². The number of anilines is 1. The Kier molecular flexibility index (Phi) is 5.18. The first-order valence-corrected chi connectivity index (χ1v) is 10.2. The fourth-order valence-corrected chi connectivity index (χ4v) is 4.00. The molecule has 3 heterocycles. The SMILES string of the molecule is Cc1ccc(-c2csc(NC(=O)Cn3c(=O)c4c(ncn4C)n(C)c3=O)n2)cc1[N+](=O)[O-]. The number of aryl methyl sites for hydroxylation is 3. The van der Waals surface area contributed by atoms with Crippen LogP contribution in [0.2, 0.25) is 0 Å². The number of hydrogen-bond donors (Lipinski definition) is 1. The van der Waals surface area contributed by atoms with Gasteiger partial charge in [-0.3, -0.25) is 24.3 Å². The molecule has 13 heteroatoms. The van der Waals surface area contributed by atoms with Gasteiger partial charge in [0, 0.05) is 36.7 Å². The molecule has 0 fully saturated rings. The number of carbonyl (C=O) groups is 1. The summed E-state index contributed by atoms with van der Waals surface area (Å²) in [6.45, 7) is 1.14. The number of nitrogens with zero attached hydrogens (tertiary/aromatic N) is 6. The molecule has 0 radical (unpaired) electrons. The maximum absolute atomic E-state index is 12.7. The Morgan fingerprint density at radius 1 is 1.28 bits per heavy atom. The quantitative estimate of drug-likeness (QED) is 0.353. The van der Waals surface area contributed by atoms with Crippen LogP contribution in [0.25, 0.3) is 22.4 Å². The topological polar surface area (TPSA) is 147 Å². The van der Waals surface area contributed by atoms with Gasteiger partial charge in [-0.15, -0.1) is 11.3 Å². The fourth-order valence-electron chi connectivity index (χ4n) is 3.27. The number of nitro benzene ring substituents is 1. The number of fused-ring (bicyclic) bond motifs is 1. The number of thiazole rings is 1. The molecule has 1 aromatic carbocycles. The van der Waals surface area contributed by atoms with Gasteiger partial charge in [0.05, 0.1) is 16.9 Å². The van der Waals surface area contributed by atoms with E-state index in [9.17, 15) is 24.5 Å². The maximum atomic E-state index is 12.7. The van der Waals surface area contributed by atoms with Crippen LogP contribution in [-0.2, 0) is 25.4 Å². The zero-order chi connectivity index (χ0) is 23.2. The highest BCUT2D eigenvalue weighted by atomic mass is 32.1. The van der Waals surface area contributed by atoms with Crippen molar-refractivity contribution in [1.82, 2.24) is 23.7 Å². The Balaban J connectivity index is 1.58. The van der Waals surface area contributed by atoms with Gasteiger partial charge in [-0.2, -0.15) is 0 Å². The van der Waals surface area contributed by atoms with Crippen molar-refractivity contribution in [3.05, 3.63) is 66.4 Å². The number of aromatic nitrogens is 5. The van der Waals surface area contributed by atoms with Gasteiger partial charge in [0.1, 0.15) is 6.54 Å². The molecular formula is C19H17N7O5S. The van der Waals surface area contributed by atoms with E-state index in [1.165, 1.54) is 28.6 Å². The summed E-state index contributed by atoms with van der Waals surface area (Å²) in [4.78, 5) is 56.8. The number of benzene rings is 1. The molecule has 0 spiro atoms. The Bertz CT molecular complexity index is 1510.